The van der Waals surface area contributed by atoms with E-state index in [0.29, 0.717) is 23.7 Å². The molecule has 7 nitrogen and oxygen atoms in total. The minimum Gasteiger partial charge on any atom is -0.379 e. The number of nitrogens with one attached hydrogen (secondary N) is 2. The maximum absolute atomic E-state index is 13.1. The Morgan fingerprint density at radius 2 is 1.90 bits per heavy atom. The molecule has 2 heterocycles. The van der Waals surface area contributed by atoms with Gasteiger partial charge in [-0.2, -0.15) is 0 Å². The molecule has 2 amide bonds. The van der Waals surface area contributed by atoms with Crippen LogP contribution in [0.2, 0.25) is 0 Å². The number of halogens is 1. The van der Waals surface area contributed by atoms with Crippen LogP contribution in [-0.4, -0.2) is 74.6 Å². The minimum atomic E-state index is -0.640. The highest BCUT2D eigenvalue weighted by atomic mass is 35.5. The van der Waals surface area contributed by atoms with E-state index < -0.39 is 5.38 Å². The van der Waals surface area contributed by atoms with Crippen LogP contribution in [0.3, 0.4) is 0 Å². The fourth-order valence-electron chi connectivity index (χ4n) is 3.81. The Labute approximate surface area is 184 Å². The maximum atomic E-state index is 13.1. The molecule has 0 aromatic heterocycles. The lowest BCUT2D eigenvalue weighted by atomic mass is 9.97. The molecule has 2 saturated heterocycles. The lowest BCUT2D eigenvalue weighted by molar-refractivity contribution is -0.115. The summed E-state index contributed by atoms with van der Waals surface area (Å²) in [6.07, 6.45) is 2.22. The molecular weight excluding hydrogens is 404 g/mol. The molecule has 2 N–H and O–H groups in total. The summed E-state index contributed by atoms with van der Waals surface area (Å²) in [5, 5.41) is 5.20. The van der Waals surface area contributed by atoms with Crippen molar-refractivity contribution in [2.24, 2.45) is 5.92 Å². The number of morpholine rings is 1. The lowest BCUT2D eigenvalue weighted by Crippen LogP contribution is -2.41. The van der Waals surface area contributed by atoms with E-state index >= 15 is 0 Å². The van der Waals surface area contributed by atoms with Gasteiger partial charge in [-0.15, -0.1) is 11.6 Å². The van der Waals surface area contributed by atoms with E-state index in [9.17, 15) is 9.59 Å². The smallest absolute Gasteiger partial charge is 0.253 e. The number of hydrogen-bond donors (Lipinski definition) is 2. The van der Waals surface area contributed by atoms with Gasteiger partial charge in [-0.05, 0) is 43.9 Å². The van der Waals surface area contributed by atoms with E-state index in [1.807, 2.05) is 12.1 Å². The first-order valence-corrected chi connectivity index (χ1v) is 11.3. The van der Waals surface area contributed by atoms with Gasteiger partial charge < -0.3 is 20.3 Å². The van der Waals surface area contributed by atoms with Gasteiger partial charge in [-0.3, -0.25) is 14.5 Å². The molecular formula is C22H33ClN4O3. The predicted octanol–water partition coefficient (Wildman–Crippen LogP) is 2.55. The molecule has 0 bridgehead atoms. The van der Waals surface area contributed by atoms with Crippen molar-refractivity contribution in [3.8, 4) is 0 Å². The minimum absolute atomic E-state index is 0.119. The maximum Gasteiger partial charge on any atom is 0.253 e. The van der Waals surface area contributed by atoms with Crippen LogP contribution in [0.15, 0.2) is 18.2 Å². The van der Waals surface area contributed by atoms with Crippen LogP contribution in [-0.2, 0) is 9.53 Å². The van der Waals surface area contributed by atoms with Crippen LogP contribution < -0.4 is 15.5 Å². The molecule has 0 radical (unpaired) electrons. The fourth-order valence-corrected chi connectivity index (χ4v) is 3.86. The highest BCUT2D eigenvalue weighted by molar-refractivity contribution is 6.32. The topological polar surface area (TPSA) is 73.9 Å². The molecule has 0 spiro atoms. The zero-order valence-corrected chi connectivity index (χ0v) is 18.7. The number of amides is 2. The third-order valence-corrected chi connectivity index (χ3v) is 6.01. The normalized spacial score (nSPS) is 19.4. The van der Waals surface area contributed by atoms with Gasteiger partial charge in [-0.1, -0.05) is 6.92 Å². The molecule has 2 aliphatic rings. The molecule has 1 aromatic carbocycles. The van der Waals surface area contributed by atoms with Crippen LogP contribution in [0.5, 0.6) is 0 Å². The highest BCUT2D eigenvalue weighted by Crippen LogP contribution is 2.29. The number of carbonyl (C=O) groups excluding carboxylic acids is 2. The zero-order valence-electron chi connectivity index (χ0n) is 18.0. The third-order valence-electron chi connectivity index (χ3n) is 5.81. The number of nitrogens with zero attached hydrogens (tertiary/aromatic N) is 2. The van der Waals surface area contributed by atoms with Crippen LogP contribution in [0, 0.1) is 5.92 Å². The van der Waals surface area contributed by atoms with Gasteiger partial charge in [0.05, 0.1) is 18.8 Å². The molecule has 2 fully saturated rings. The standard InChI is InChI=1S/C22H33ClN4O3/c1-16-5-8-27(9-6-16)20-4-3-18(25-21(28)17(2)23)15-19(20)22(29)24-7-10-26-11-13-30-14-12-26/h3-4,15-17H,5-14H2,1-2H3,(H,24,29)(H,25,28). The second kappa shape index (κ2) is 11.0. The molecule has 0 saturated carbocycles. The van der Waals surface area contributed by atoms with E-state index in [2.05, 4.69) is 27.4 Å². The van der Waals surface area contributed by atoms with Crippen molar-refractivity contribution in [3.63, 3.8) is 0 Å². The summed E-state index contributed by atoms with van der Waals surface area (Å²) in [6, 6.07) is 5.53. The van der Waals surface area contributed by atoms with Crippen molar-refractivity contribution in [2.45, 2.75) is 32.1 Å². The molecule has 1 aromatic rings. The SMILES string of the molecule is CC1CCN(c2ccc(NC(=O)C(C)Cl)cc2C(=O)NCCN2CCOCC2)CC1. The average Bonchev–Trinajstić information content (AvgIpc) is 2.75. The quantitative estimate of drug-likeness (QED) is 0.642. The monoisotopic (exact) mass is 436 g/mol. The fraction of sp³-hybridized carbons (Fsp3) is 0.636. The van der Waals surface area contributed by atoms with Crippen molar-refractivity contribution in [1.29, 1.82) is 0 Å². The van der Waals surface area contributed by atoms with E-state index in [1.165, 1.54) is 0 Å². The second-order valence-corrected chi connectivity index (χ2v) is 8.87. The predicted molar refractivity (Wildman–Crippen MR) is 121 cm³/mol. The molecule has 3 rings (SSSR count). The zero-order chi connectivity index (χ0) is 21.5. The van der Waals surface area contributed by atoms with Crippen LogP contribution >= 0.6 is 11.6 Å². The summed E-state index contributed by atoms with van der Waals surface area (Å²) in [5.41, 5.74) is 2.09. The first-order valence-electron chi connectivity index (χ1n) is 10.9. The van der Waals surface area contributed by atoms with Gasteiger partial charge in [0.15, 0.2) is 0 Å². The number of carbonyl (C=O) groups is 2. The summed E-state index contributed by atoms with van der Waals surface area (Å²) in [7, 11) is 0. The van der Waals surface area contributed by atoms with Crippen molar-refractivity contribution in [2.75, 3.05) is 62.7 Å². The lowest BCUT2D eigenvalue weighted by Gasteiger charge is -2.33. The van der Waals surface area contributed by atoms with Crippen molar-refractivity contribution < 1.29 is 14.3 Å². The summed E-state index contributed by atoms with van der Waals surface area (Å²) in [6.45, 7) is 10.4. The van der Waals surface area contributed by atoms with Gasteiger partial charge in [0.2, 0.25) is 5.91 Å². The molecule has 166 valence electrons. The number of hydrogen-bond acceptors (Lipinski definition) is 5. The van der Waals surface area contributed by atoms with E-state index in [4.69, 9.17) is 16.3 Å². The van der Waals surface area contributed by atoms with E-state index in [0.717, 1.165) is 64.5 Å². The molecule has 0 aliphatic carbocycles. The van der Waals surface area contributed by atoms with Crippen LogP contribution in [0.1, 0.15) is 37.0 Å². The summed E-state index contributed by atoms with van der Waals surface area (Å²) >= 11 is 5.88. The molecule has 2 aliphatic heterocycles. The van der Waals surface area contributed by atoms with Crippen LogP contribution in [0.4, 0.5) is 11.4 Å². The van der Waals surface area contributed by atoms with E-state index in [-0.39, 0.29) is 11.8 Å². The number of rotatable bonds is 7. The molecule has 8 heteroatoms. The Hall–Kier alpha value is -1.83. The van der Waals surface area contributed by atoms with Gasteiger partial charge in [0.25, 0.3) is 5.91 Å². The number of benzene rings is 1. The first-order chi connectivity index (χ1) is 14.4. The van der Waals surface area contributed by atoms with Gasteiger partial charge >= 0.3 is 0 Å². The van der Waals surface area contributed by atoms with Crippen molar-refractivity contribution in [1.82, 2.24) is 10.2 Å². The van der Waals surface area contributed by atoms with E-state index in [1.54, 1.807) is 13.0 Å². The summed E-state index contributed by atoms with van der Waals surface area (Å²) in [5.74, 6) is 0.303. The Morgan fingerprint density at radius 3 is 2.57 bits per heavy atom. The highest BCUT2D eigenvalue weighted by Gasteiger charge is 2.22. The number of alkyl halides is 1. The van der Waals surface area contributed by atoms with Gasteiger partial charge in [-0.25, -0.2) is 0 Å². The van der Waals surface area contributed by atoms with Gasteiger partial charge in [0, 0.05) is 50.6 Å². The van der Waals surface area contributed by atoms with Crippen molar-refractivity contribution in [3.05, 3.63) is 23.8 Å². The third kappa shape index (κ3) is 6.33. The number of piperidine rings is 1. The molecule has 1 unspecified atom stereocenters. The second-order valence-electron chi connectivity index (χ2n) is 8.22. The van der Waals surface area contributed by atoms with Crippen molar-refractivity contribution >= 4 is 34.8 Å². The summed E-state index contributed by atoms with van der Waals surface area (Å²) < 4.78 is 5.37. The average molecular weight is 437 g/mol. The number of ether oxygens (including phenoxy) is 1. The number of anilines is 2. The Kier molecular flexibility index (Phi) is 8.36. The van der Waals surface area contributed by atoms with Gasteiger partial charge in [0.1, 0.15) is 5.38 Å². The van der Waals surface area contributed by atoms with Crippen LogP contribution in [0.25, 0.3) is 0 Å². The molecule has 30 heavy (non-hydrogen) atoms. The Morgan fingerprint density at radius 1 is 1.20 bits per heavy atom. The summed E-state index contributed by atoms with van der Waals surface area (Å²) in [4.78, 5) is 29.6. The largest absolute Gasteiger partial charge is 0.379 e. The Balaban J connectivity index is 1.71. The Bertz CT molecular complexity index is 729. The molecule has 1 atom stereocenters. The first kappa shape index (κ1) is 22.8.